The summed E-state index contributed by atoms with van der Waals surface area (Å²) in [5.41, 5.74) is 3.33. The van der Waals surface area contributed by atoms with Gasteiger partial charge in [0.05, 0.1) is 5.75 Å². The molecule has 3 aromatic rings. The van der Waals surface area contributed by atoms with Gasteiger partial charge in [-0.3, -0.25) is 9.59 Å². The van der Waals surface area contributed by atoms with Crippen molar-refractivity contribution in [3.05, 3.63) is 65.0 Å². The zero-order valence-electron chi connectivity index (χ0n) is 16.4. The number of ketones is 1. The third-order valence-corrected chi connectivity index (χ3v) is 4.70. The molecule has 7 nitrogen and oxygen atoms in total. The summed E-state index contributed by atoms with van der Waals surface area (Å²) in [5.74, 6) is 0.881. The molecular weight excluding hydrogens is 390 g/mol. The molecule has 0 unspecified atom stereocenters. The number of carbonyl (C=O) groups excluding carboxylic acids is 2. The molecule has 29 heavy (non-hydrogen) atoms. The molecule has 0 aliphatic heterocycles. The van der Waals surface area contributed by atoms with Crippen LogP contribution >= 0.6 is 11.8 Å². The van der Waals surface area contributed by atoms with Crippen LogP contribution in [0, 0.1) is 13.8 Å². The molecule has 0 radical (unpaired) electrons. The largest absolute Gasteiger partial charge is 0.484 e. The highest BCUT2D eigenvalue weighted by Crippen LogP contribution is 2.20. The molecule has 2 aromatic carbocycles. The number of hydrogen-bond donors (Lipinski definition) is 1. The minimum Gasteiger partial charge on any atom is -0.484 e. The van der Waals surface area contributed by atoms with Gasteiger partial charge in [0, 0.05) is 11.3 Å². The van der Waals surface area contributed by atoms with Gasteiger partial charge in [-0.15, -0.1) is 10.2 Å². The summed E-state index contributed by atoms with van der Waals surface area (Å²) in [5, 5.41) is 10.9. The van der Waals surface area contributed by atoms with Gasteiger partial charge in [0.25, 0.3) is 11.1 Å². The number of nitrogens with one attached hydrogen (secondary N) is 1. The molecule has 0 aliphatic carbocycles. The average Bonchev–Trinajstić information content (AvgIpc) is 3.12. The van der Waals surface area contributed by atoms with E-state index in [4.69, 9.17) is 9.15 Å². The van der Waals surface area contributed by atoms with Crippen LogP contribution in [0.1, 0.15) is 34.3 Å². The summed E-state index contributed by atoms with van der Waals surface area (Å²) in [6, 6.07) is 12.7. The first-order chi connectivity index (χ1) is 13.9. The highest BCUT2D eigenvalue weighted by Gasteiger charge is 2.11. The van der Waals surface area contributed by atoms with Crippen LogP contribution in [0.15, 0.2) is 52.1 Å². The normalized spacial score (nSPS) is 10.6. The second-order valence-corrected chi connectivity index (χ2v) is 7.47. The molecule has 0 saturated carbocycles. The first kappa shape index (κ1) is 20.6. The molecule has 0 fully saturated rings. The lowest BCUT2D eigenvalue weighted by molar-refractivity contribution is -0.113. The van der Waals surface area contributed by atoms with E-state index in [9.17, 15) is 9.59 Å². The molecule has 0 aliphatic rings. The monoisotopic (exact) mass is 411 g/mol. The first-order valence-electron chi connectivity index (χ1n) is 8.96. The van der Waals surface area contributed by atoms with Crippen molar-refractivity contribution in [2.75, 3.05) is 11.1 Å². The van der Waals surface area contributed by atoms with Gasteiger partial charge in [0.2, 0.25) is 5.91 Å². The molecule has 1 aromatic heterocycles. The number of aromatic nitrogens is 2. The van der Waals surface area contributed by atoms with Gasteiger partial charge >= 0.3 is 0 Å². The third-order valence-electron chi connectivity index (χ3n) is 3.89. The van der Waals surface area contributed by atoms with Crippen molar-refractivity contribution in [1.29, 1.82) is 0 Å². The standard InChI is InChI=1S/C21H21N3O4S/c1-13-7-14(2)9-18(8-13)27-11-20-23-24-21(28-20)29-12-19(26)22-17-6-4-5-16(10-17)15(3)25/h4-10H,11-12H2,1-3H3,(H,22,26). The van der Waals surface area contributed by atoms with E-state index in [1.165, 1.54) is 6.92 Å². The lowest BCUT2D eigenvalue weighted by Crippen LogP contribution is -2.14. The summed E-state index contributed by atoms with van der Waals surface area (Å²) < 4.78 is 11.2. The van der Waals surface area contributed by atoms with Crippen molar-refractivity contribution in [1.82, 2.24) is 10.2 Å². The Balaban J connectivity index is 1.49. The van der Waals surface area contributed by atoms with Crippen LogP contribution in [0.2, 0.25) is 0 Å². The second kappa shape index (κ2) is 9.38. The maximum atomic E-state index is 12.1. The number of amides is 1. The quantitative estimate of drug-likeness (QED) is 0.438. The van der Waals surface area contributed by atoms with Crippen LogP contribution in [-0.2, 0) is 11.4 Å². The Morgan fingerprint density at radius 3 is 2.59 bits per heavy atom. The highest BCUT2D eigenvalue weighted by atomic mass is 32.2. The summed E-state index contributed by atoms with van der Waals surface area (Å²) in [7, 11) is 0. The van der Waals surface area contributed by atoms with E-state index in [0.29, 0.717) is 17.1 Å². The number of anilines is 1. The van der Waals surface area contributed by atoms with E-state index in [1.54, 1.807) is 24.3 Å². The van der Waals surface area contributed by atoms with E-state index in [0.717, 1.165) is 28.6 Å². The van der Waals surface area contributed by atoms with Gasteiger partial charge in [0.15, 0.2) is 12.4 Å². The van der Waals surface area contributed by atoms with Crippen LogP contribution in [0.5, 0.6) is 5.75 Å². The molecule has 0 spiro atoms. The fourth-order valence-corrected chi connectivity index (χ4v) is 3.24. The fraction of sp³-hybridized carbons (Fsp3) is 0.238. The maximum Gasteiger partial charge on any atom is 0.277 e. The number of nitrogens with zero attached hydrogens (tertiary/aromatic N) is 2. The predicted octanol–water partition coefficient (Wildman–Crippen LogP) is 4.20. The number of benzene rings is 2. The summed E-state index contributed by atoms with van der Waals surface area (Å²) in [6.07, 6.45) is 0. The number of hydrogen-bond acceptors (Lipinski definition) is 7. The Hall–Kier alpha value is -3.13. The lowest BCUT2D eigenvalue weighted by atomic mass is 10.1. The molecule has 0 atom stereocenters. The molecule has 150 valence electrons. The zero-order valence-corrected chi connectivity index (χ0v) is 17.2. The van der Waals surface area contributed by atoms with Crippen molar-refractivity contribution >= 4 is 29.1 Å². The number of rotatable bonds is 8. The zero-order chi connectivity index (χ0) is 20.8. The van der Waals surface area contributed by atoms with Crippen molar-refractivity contribution in [2.45, 2.75) is 32.6 Å². The lowest BCUT2D eigenvalue weighted by Gasteiger charge is -2.06. The Kier molecular flexibility index (Phi) is 6.66. The molecular formula is C21H21N3O4S. The van der Waals surface area contributed by atoms with Crippen LogP contribution in [0.25, 0.3) is 0 Å². The Labute approximate surface area is 172 Å². The molecule has 0 saturated heterocycles. The van der Waals surface area contributed by atoms with E-state index in [2.05, 4.69) is 21.6 Å². The van der Waals surface area contributed by atoms with Gasteiger partial charge in [-0.1, -0.05) is 30.0 Å². The molecule has 1 heterocycles. The minimum atomic E-state index is -0.234. The van der Waals surface area contributed by atoms with Crippen LogP contribution in [0.4, 0.5) is 5.69 Å². The number of carbonyl (C=O) groups is 2. The van der Waals surface area contributed by atoms with Crippen molar-refractivity contribution in [3.63, 3.8) is 0 Å². The Morgan fingerprint density at radius 2 is 1.86 bits per heavy atom. The van der Waals surface area contributed by atoms with Crippen LogP contribution < -0.4 is 10.1 Å². The van der Waals surface area contributed by atoms with E-state index in [-0.39, 0.29) is 29.3 Å². The number of aryl methyl sites for hydroxylation is 2. The van der Waals surface area contributed by atoms with E-state index in [1.807, 2.05) is 26.0 Å². The SMILES string of the molecule is CC(=O)c1cccc(NC(=O)CSc2nnc(COc3cc(C)cc(C)c3)o2)c1. The number of ether oxygens (including phenoxy) is 1. The van der Waals surface area contributed by atoms with Gasteiger partial charge in [-0.05, 0) is 56.2 Å². The van der Waals surface area contributed by atoms with E-state index < -0.39 is 0 Å². The third kappa shape index (κ3) is 6.18. The van der Waals surface area contributed by atoms with Gasteiger partial charge in [-0.25, -0.2) is 0 Å². The molecule has 3 rings (SSSR count). The van der Waals surface area contributed by atoms with Crippen molar-refractivity contribution in [3.8, 4) is 5.75 Å². The first-order valence-corrected chi connectivity index (χ1v) is 9.95. The topological polar surface area (TPSA) is 94.3 Å². The van der Waals surface area contributed by atoms with Crippen LogP contribution in [0.3, 0.4) is 0 Å². The molecule has 0 bridgehead atoms. The molecule has 8 heteroatoms. The molecule has 1 N–H and O–H groups in total. The second-order valence-electron chi connectivity index (χ2n) is 6.55. The minimum absolute atomic E-state index is 0.0584. The van der Waals surface area contributed by atoms with Gasteiger partial charge < -0.3 is 14.5 Å². The van der Waals surface area contributed by atoms with Crippen molar-refractivity contribution < 1.29 is 18.7 Å². The molecule has 1 amide bonds. The summed E-state index contributed by atoms with van der Waals surface area (Å²) >= 11 is 1.13. The smallest absolute Gasteiger partial charge is 0.277 e. The number of thioether (sulfide) groups is 1. The summed E-state index contributed by atoms with van der Waals surface area (Å²) in [6.45, 7) is 5.64. The predicted molar refractivity (Wildman–Crippen MR) is 110 cm³/mol. The highest BCUT2D eigenvalue weighted by molar-refractivity contribution is 7.99. The fourth-order valence-electron chi connectivity index (χ4n) is 2.66. The van der Waals surface area contributed by atoms with Crippen LogP contribution in [-0.4, -0.2) is 27.6 Å². The Bertz CT molecular complexity index is 1010. The Morgan fingerprint density at radius 1 is 1.10 bits per heavy atom. The number of Topliss-reactive ketones (excluding diaryl/α,β-unsaturated/α-hetero) is 1. The van der Waals surface area contributed by atoms with E-state index >= 15 is 0 Å². The summed E-state index contributed by atoms with van der Waals surface area (Å²) in [4.78, 5) is 23.5. The maximum absolute atomic E-state index is 12.1. The van der Waals surface area contributed by atoms with Crippen molar-refractivity contribution in [2.24, 2.45) is 0 Å². The average molecular weight is 411 g/mol. The van der Waals surface area contributed by atoms with Gasteiger partial charge in [0.1, 0.15) is 5.75 Å². The van der Waals surface area contributed by atoms with Gasteiger partial charge in [-0.2, -0.15) is 0 Å².